The average molecular weight is 562 g/mol. The van der Waals surface area contributed by atoms with Gasteiger partial charge in [-0.3, -0.25) is 0 Å². The van der Waals surface area contributed by atoms with Crippen LogP contribution >= 0.6 is 7.14 Å². The molecule has 0 aliphatic heterocycles. The van der Waals surface area contributed by atoms with Gasteiger partial charge in [0.05, 0.1) is 5.30 Å². The van der Waals surface area contributed by atoms with Gasteiger partial charge in [-0.05, 0) is 29.8 Å². The van der Waals surface area contributed by atoms with E-state index in [1.54, 1.807) is 78.9 Å². The smallest absolute Gasteiger partial charge is 0.370 e. The van der Waals surface area contributed by atoms with E-state index in [2.05, 4.69) is 8.91 Å². The van der Waals surface area contributed by atoms with Gasteiger partial charge in [-0.25, -0.2) is 0 Å². The molecule has 0 unspecified atom stereocenters. The lowest BCUT2D eigenvalue weighted by atomic mass is 10.2. The highest BCUT2D eigenvalue weighted by Crippen LogP contribution is 2.45. The third kappa shape index (κ3) is 6.64. The lowest BCUT2D eigenvalue weighted by Crippen LogP contribution is -2.31. The van der Waals surface area contributed by atoms with Crippen molar-refractivity contribution in [2.45, 2.75) is 6.54 Å². The van der Waals surface area contributed by atoms with E-state index in [0.29, 0.717) is 16.2 Å². The van der Waals surface area contributed by atoms with E-state index >= 15 is 0 Å². The fourth-order valence-electron chi connectivity index (χ4n) is 3.59. The van der Waals surface area contributed by atoms with Gasteiger partial charge in [-0.1, -0.05) is 88.8 Å². The van der Waals surface area contributed by atoms with Gasteiger partial charge < -0.3 is 12.9 Å². The van der Waals surface area contributed by atoms with Gasteiger partial charge in [0, 0.05) is 17.2 Å². The molecule has 0 fully saturated rings. The summed E-state index contributed by atoms with van der Waals surface area (Å²) in [4.78, 5) is 0. The third-order valence-electron chi connectivity index (χ3n) is 5.22. The predicted octanol–water partition coefficient (Wildman–Crippen LogP) is 3.33. The SMILES string of the molecule is O=P(c1ccccc1)(c1ccccc1)c1ccccc1OS(=O)(=O)NCc1ccc(OS(=O)(=O)F)cc1. The normalized spacial score (nSPS) is 12.1. The van der Waals surface area contributed by atoms with Crippen molar-refractivity contribution in [1.82, 2.24) is 4.72 Å². The quantitative estimate of drug-likeness (QED) is 0.233. The minimum atomic E-state index is -5.17. The van der Waals surface area contributed by atoms with Gasteiger partial charge in [0.1, 0.15) is 5.75 Å². The predicted molar refractivity (Wildman–Crippen MR) is 139 cm³/mol. The van der Waals surface area contributed by atoms with Crippen LogP contribution < -0.4 is 29.0 Å². The molecule has 0 amide bonds. The summed E-state index contributed by atoms with van der Waals surface area (Å²) in [5.74, 6) is -0.361. The molecule has 0 aliphatic carbocycles. The first-order chi connectivity index (χ1) is 17.6. The zero-order chi connectivity index (χ0) is 26.5. The summed E-state index contributed by atoms with van der Waals surface area (Å²) < 4.78 is 85.8. The number of nitrogens with one attached hydrogen (secondary N) is 1. The summed E-state index contributed by atoms with van der Waals surface area (Å²) in [5, 5.41) is 1.24. The largest absolute Gasteiger partial charge is 0.488 e. The van der Waals surface area contributed by atoms with Crippen molar-refractivity contribution in [3.63, 3.8) is 0 Å². The lowest BCUT2D eigenvalue weighted by Gasteiger charge is -2.22. The zero-order valence-electron chi connectivity index (χ0n) is 19.1. The van der Waals surface area contributed by atoms with Gasteiger partial charge in [0.15, 0.2) is 12.9 Å². The maximum Gasteiger partial charge on any atom is 0.488 e. The molecule has 12 heteroatoms. The van der Waals surface area contributed by atoms with Crippen molar-refractivity contribution in [1.29, 1.82) is 0 Å². The van der Waals surface area contributed by atoms with Crippen molar-refractivity contribution >= 4 is 43.9 Å². The van der Waals surface area contributed by atoms with Crippen LogP contribution in [0.15, 0.2) is 109 Å². The summed E-state index contributed by atoms with van der Waals surface area (Å²) in [7, 11) is -13.1. The number of halogens is 1. The highest BCUT2D eigenvalue weighted by Gasteiger charge is 2.33. The van der Waals surface area contributed by atoms with Gasteiger partial charge in [0.25, 0.3) is 0 Å². The fraction of sp³-hybridized carbons (Fsp3) is 0.0400. The average Bonchev–Trinajstić information content (AvgIpc) is 2.88. The molecule has 4 aromatic carbocycles. The Kier molecular flexibility index (Phi) is 7.79. The Hall–Kier alpha value is -3.50. The van der Waals surface area contributed by atoms with Crippen molar-refractivity contribution in [3.8, 4) is 11.5 Å². The van der Waals surface area contributed by atoms with E-state index in [1.165, 1.54) is 30.3 Å². The molecule has 0 saturated heterocycles. The van der Waals surface area contributed by atoms with Crippen LogP contribution in [0.25, 0.3) is 0 Å². The Balaban J connectivity index is 1.61. The molecule has 0 atom stereocenters. The first kappa shape index (κ1) is 26.6. The maximum atomic E-state index is 14.7. The molecule has 8 nitrogen and oxygen atoms in total. The minimum Gasteiger partial charge on any atom is -0.370 e. The number of hydrogen-bond acceptors (Lipinski definition) is 7. The standard InChI is InChI=1S/C25H21FNO7PS2/c26-36(29,30)33-21-17-15-20(16-18-21)19-27-37(31,32)34-24-13-7-8-14-25(24)35(28,22-9-3-1-4-10-22)23-11-5-2-6-12-23/h1-18,27H,19H2. The van der Waals surface area contributed by atoms with Crippen molar-refractivity contribution in [3.05, 3.63) is 115 Å². The van der Waals surface area contributed by atoms with Gasteiger partial charge >= 0.3 is 20.8 Å². The fourth-order valence-corrected chi connectivity index (χ4v) is 7.54. The van der Waals surface area contributed by atoms with Crippen LogP contribution in [0.2, 0.25) is 0 Å². The van der Waals surface area contributed by atoms with Crippen LogP contribution in [0, 0.1) is 0 Å². The summed E-state index contributed by atoms with van der Waals surface area (Å²) >= 11 is 0. The van der Waals surface area contributed by atoms with Crippen LogP contribution in [0.5, 0.6) is 11.5 Å². The molecule has 4 aromatic rings. The van der Waals surface area contributed by atoms with E-state index in [0.717, 1.165) is 0 Å². The molecule has 0 aromatic heterocycles. The molecule has 0 radical (unpaired) electrons. The number of rotatable bonds is 10. The molecule has 0 aliphatic rings. The number of benzene rings is 4. The second-order valence-corrected chi connectivity index (χ2v) is 12.8. The molecular formula is C25H21FNO7PS2. The number of para-hydroxylation sites is 1. The van der Waals surface area contributed by atoms with Crippen LogP contribution in [0.3, 0.4) is 0 Å². The van der Waals surface area contributed by atoms with E-state index < -0.39 is 28.0 Å². The Morgan fingerprint density at radius 1 is 0.676 bits per heavy atom. The van der Waals surface area contributed by atoms with Crippen LogP contribution in [0.4, 0.5) is 3.89 Å². The summed E-state index contributed by atoms with van der Waals surface area (Å²) in [6.45, 7) is -0.220. The first-order valence-electron chi connectivity index (χ1n) is 10.8. The molecule has 0 saturated carbocycles. The second kappa shape index (κ2) is 10.9. The second-order valence-electron chi connectivity index (χ2n) is 7.73. The monoisotopic (exact) mass is 561 g/mol. The van der Waals surface area contributed by atoms with Crippen LogP contribution in [0.1, 0.15) is 5.56 Å². The topological polar surface area (TPSA) is 116 Å². The maximum absolute atomic E-state index is 14.7. The van der Waals surface area contributed by atoms with Crippen molar-refractivity contribution < 1.29 is 33.7 Å². The molecule has 192 valence electrons. The third-order valence-corrected chi connectivity index (χ3v) is 9.60. The molecule has 0 heterocycles. The molecule has 4 rings (SSSR count). The summed E-state index contributed by atoms with van der Waals surface area (Å²) in [6, 6.07) is 28.8. The zero-order valence-corrected chi connectivity index (χ0v) is 21.6. The molecule has 37 heavy (non-hydrogen) atoms. The van der Waals surface area contributed by atoms with Crippen molar-refractivity contribution in [2.24, 2.45) is 0 Å². The Labute approximate surface area is 214 Å². The van der Waals surface area contributed by atoms with Crippen molar-refractivity contribution in [2.75, 3.05) is 0 Å². The molecular weight excluding hydrogens is 540 g/mol. The van der Waals surface area contributed by atoms with E-state index in [9.17, 15) is 25.3 Å². The Morgan fingerprint density at radius 3 is 1.73 bits per heavy atom. The van der Waals surface area contributed by atoms with Gasteiger partial charge in [-0.15, -0.1) is 0 Å². The van der Waals surface area contributed by atoms with E-state index in [1.807, 2.05) is 0 Å². The van der Waals surface area contributed by atoms with Gasteiger partial charge in [0.2, 0.25) is 0 Å². The minimum absolute atomic E-state index is 0.0945. The first-order valence-corrected chi connectivity index (χ1v) is 15.2. The van der Waals surface area contributed by atoms with E-state index in [-0.39, 0.29) is 23.3 Å². The van der Waals surface area contributed by atoms with Crippen LogP contribution in [-0.4, -0.2) is 16.8 Å². The molecule has 0 bridgehead atoms. The Morgan fingerprint density at radius 2 is 1.19 bits per heavy atom. The highest BCUT2D eigenvalue weighted by atomic mass is 32.3. The lowest BCUT2D eigenvalue weighted by molar-refractivity contribution is 0.440. The summed E-state index contributed by atoms with van der Waals surface area (Å²) in [6.07, 6.45) is 0. The number of hydrogen-bond donors (Lipinski definition) is 1. The highest BCUT2D eigenvalue weighted by molar-refractivity contribution is 7.86. The van der Waals surface area contributed by atoms with E-state index in [4.69, 9.17) is 4.18 Å². The molecule has 0 spiro atoms. The summed E-state index contributed by atoms with van der Waals surface area (Å²) in [5.41, 5.74) is 0.420. The van der Waals surface area contributed by atoms with Crippen LogP contribution in [-0.2, 0) is 31.9 Å². The molecule has 1 N–H and O–H groups in total. The Bertz CT molecular complexity index is 1590. The van der Waals surface area contributed by atoms with Gasteiger partial charge in [-0.2, -0.15) is 21.6 Å².